The molecule has 0 aliphatic heterocycles. The third kappa shape index (κ3) is 5.65. The van der Waals surface area contributed by atoms with E-state index in [1.807, 2.05) is 0 Å². The number of nitrogens with zero attached hydrogens (tertiary/aromatic N) is 2. The Morgan fingerprint density at radius 2 is 1.39 bits per heavy atom. The Balaban J connectivity index is 1.80. The summed E-state index contributed by atoms with van der Waals surface area (Å²) in [5, 5.41) is 2.70. The largest absolute Gasteiger partial charge is 0.395 e. The van der Waals surface area contributed by atoms with Crippen molar-refractivity contribution in [3.63, 3.8) is 0 Å². The van der Waals surface area contributed by atoms with E-state index in [-0.39, 0.29) is 34.1 Å². The minimum atomic E-state index is -1.40. The highest BCUT2D eigenvalue weighted by molar-refractivity contribution is 7.09. The lowest BCUT2D eigenvalue weighted by Gasteiger charge is -2.31. The Bertz CT molecular complexity index is 1480. The van der Waals surface area contributed by atoms with Crippen molar-refractivity contribution in [1.82, 2.24) is 9.69 Å². The maximum absolute atomic E-state index is 13.9. The summed E-state index contributed by atoms with van der Waals surface area (Å²) >= 11 is 0.609. The summed E-state index contributed by atoms with van der Waals surface area (Å²) in [5.74, 6) is -4.07. The number of aromatic nitrogens is 1. The van der Waals surface area contributed by atoms with E-state index in [4.69, 9.17) is 11.5 Å². The van der Waals surface area contributed by atoms with Crippen molar-refractivity contribution >= 4 is 40.6 Å². The molecular weight excluding hydrogens is 519 g/mol. The molecule has 4 rings (SSSR count). The standard InChI is InChI=1S/C26H20F3N5O3S/c27-16-5-1-14(2-6-16)13-32-25(36)22(15-3-7-17(28)8-4-15)34(19-11-9-18(29)10-12-19)26(37)23-20(30)21(24(31)35)33-38-23/h1-12,22H,13,30H2,(H2,31,35)(H,32,36)/t22-/m1/s1. The minimum Gasteiger partial charge on any atom is -0.395 e. The molecule has 3 amide bonds. The molecule has 1 heterocycles. The molecule has 0 unspecified atom stereocenters. The van der Waals surface area contributed by atoms with Gasteiger partial charge in [0, 0.05) is 12.2 Å². The van der Waals surface area contributed by atoms with Crippen molar-refractivity contribution in [2.24, 2.45) is 5.73 Å². The van der Waals surface area contributed by atoms with Gasteiger partial charge in [-0.3, -0.25) is 19.3 Å². The van der Waals surface area contributed by atoms with E-state index in [0.29, 0.717) is 17.1 Å². The van der Waals surface area contributed by atoms with Crippen LogP contribution in [0.3, 0.4) is 0 Å². The van der Waals surface area contributed by atoms with E-state index >= 15 is 0 Å². The Labute approximate surface area is 218 Å². The van der Waals surface area contributed by atoms with Gasteiger partial charge in [-0.25, -0.2) is 13.2 Å². The highest BCUT2D eigenvalue weighted by atomic mass is 32.1. The van der Waals surface area contributed by atoms with Crippen LogP contribution in [0.25, 0.3) is 0 Å². The summed E-state index contributed by atoms with van der Waals surface area (Å²) in [5.41, 5.74) is 11.6. The summed E-state index contributed by atoms with van der Waals surface area (Å²) in [6.45, 7) is -0.0171. The molecule has 1 aromatic heterocycles. The topological polar surface area (TPSA) is 131 Å². The number of anilines is 2. The second-order valence-corrected chi connectivity index (χ2v) is 8.86. The van der Waals surface area contributed by atoms with Gasteiger partial charge in [0.2, 0.25) is 5.91 Å². The van der Waals surface area contributed by atoms with Crippen LogP contribution < -0.4 is 21.7 Å². The lowest BCUT2D eigenvalue weighted by atomic mass is 10.0. The number of nitrogen functional groups attached to an aromatic ring is 1. The minimum absolute atomic E-state index is 0.0171. The first kappa shape index (κ1) is 26.4. The van der Waals surface area contributed by atoms with Gasteiger partial charge in [-0.15, -0.1) is 0 Å². The predicted octanol–water partition coefficient (Wildman–Crippen LogP) is 3.95. The summed E-state index contributed by atoms with van der Waals surface area (Å²) in [6, 6.07) is 13.7. The van der Waals surface area contributed by atoms with E-state index in [1.165, 1.54) is 48.5 Å². The lowest BCUT2D eigenvalue weighted by Crippen LogP contribution is -2.44. The number of rotatable bonds is 8. The molecule has 8 nitrogen and oxygen atoms in total. The first-order chi connectivity index (χ1) is 18.2. The zero-order valence-electron chi connectivity index (χ0n) is 19.5. The zero-order valence-corrected chi connectivity index (χ0v) is 20.3. The number of primary amides is 1. The Morgan fingerprint density at radius 1 is 0.868 bits per heavy atom. The van der Waals surface area contributed by atoms with Crippen molar-refractivity contribution < 1.29 is 27.6 Å². The number of hydrogen-bond donors (Lipinski definition) is 3. The monoisotopic (exact) mass is 539 g/mol. The maximum atomic E-state index is 13.9. The van der Waals surface area contributed by atoms with Gasteiger partial charge in [0.15, 0.2) is 5.69 Å². The second kappa shape index (κ2) is 11.1. The number of halogens is 3. The van der Waals surface area contributed by atoms with Crippen molar-refractivity contribution in [2.75, 3.05) is 10.6 Å². The lowest BCUT2D eigenvalue weighted by molar-refractivity contribution is -0.122. The van der Waals surface area contributed by atoms with E-state index in [1.54, 1.807) is 0 Å². The summed E-state index contributed by atoms with van der Waals surface area (Å²) in [6.07, 6.45) is 0. The molecule has 0 saturated heterocycles. The van der Waals surface area contributed by atoms with Crippen LogP contribution in [0.5, 0.6) is 0 Å². The van der Waals surface area contributed by atoms with Crippen molar-refractivity contribution in [3.05, 3.63) is 112 Å². The fraction of sp³-hybridized carbons (Fsp3) is 0.0769. The molecule has 0 aliphatic carbocycles. The highest BCUT2D eigenvalue weighted by Crippen LogP contribution is 2.33. The maximum Gasteiger partial charge on any atom is 0.273 e. The van der Waals surface area contributed by atoms with Gasteiger partial charge in [-0.1, -0.05) is 24.3 Å². The molecule has 1 atom stereocenters. The third-order valence-corrected chi connectivity index (χ3v) is 6.40. The molecular formula is C26H20F3N5O3S. The van der Waals surface area contributed by atoms with E-state index in [2.05, 4.69) is 9.69 Å². The Morgan fingerprint density at radius 3 is 1.92 bits per heavy atom. The molecule has 0 aliphatic rings. The summed E-state index contributed by atoms with van der Waals surface area (Å²) < 4.78 is 44.7. The molecule has 0 fully saturated rings. The smallest absolute Gasteiger partial charge is 0.273 e. The number of nitrogens with two attached hydrogens (primary N) is 2. The van der Waals surface area contributed by atoms with Crippen LogP contribution >= 0.6 is 11.5 Å². The molecule has 12 heteroatoms. The molecule has 0 bridgehead atoms. The van der Waals surface area contributed by atoms with Gasteiger partial charge in [0.1, 0.15) is 28.4 Å². The fourth-order valence-electron chi connectivity index (χ4n) is 3.67. The van der Waals surface area contributed by atoms with E-state index < -0.39 is 41.2 Å². The number of nitrogens with one attached hydrogen (secondary N) is 1. The molecule has 5 N–H and O–H groups in total. The first-order valence-electron chi connectivity index (χ1n) is 11.1. The molecule has 194 valence electrons. The van der Waals surface area contributed by atoms with Crippen LogP contribution in [-0.2, 0) is 11.3 Å². The third-order valence-electron chi connectivity index (χ3n) is 5.55. The van der Waals surface area contributed by atoms with Crippen molar-refractivity contribution in [1.29, 1.82) is 0 Å². The van der Waals surface area contributed by atoms with Crippen molar-refractivity contribution in [2.45, 2.75) is 12.6 Å². The number of carbonyl (C=O) groups is 3. The van der Waals surface area contributed by atoms with E-state index in [9.17, 15) is 27.6 Å². The number of amides is 3. The van der Waals surface area contributed by atoms with E-state index in [0.717, 1.165) is 29.2 Å². The molecule has 0 radical (unpaired) electrons. The molecule has 38 heavy (non-hydrogen) atoms. The van der Waals surface area contributed by atoms with Crippen LogP contribution in [0, 0.1) is 17.5 Å². The van der Waals surface area contributed by atoms with Gasteiger partial charge in [-0.2, -0.15) is 4.37 Å². The number of carbonyl (C=O) groups excluding carboxylic acids is 3. The van der Waals surface area contributed by atoms with Crippen LogP contribution in [0.2, 0.25) is 0 Å². The summed E-state index contributed by atoms with van der Waals surface area (Å²) in [4.78, 5) is 40.0. The Kier molecular flexibility index (Phi) is 7.72. The molecule has 0 spiro atoms. The molecule has 4 aromatic rings. The fourth-order valence-corrected chi connectivity index (χ4v) is 4.42. The summed E-state index contributed by atoms with van der Waals surface area (Å²) in [7, 11) is 0. The quantitative estimate of drug-likeness (QED) is 0.312. The van der Waals surface area contributed by atoms with Crippen LogP contribution in [0.1, 0.15) is 37.3 Å². The predicted molar refractivity (Wildman–Crippen MR) is 136 cm³/mol. The average molecular weight is 540 g/mol. The van der Waals surface area contributed by atoms with Gasteiger partial charge in [0.25, 0.3) is 11.8 Å². The van der Waals surface area contributed by atoms with Gasteiger partial charge in [0.05, 0.1) is 5.69 Å². The Hall–Kier alpha value is -4.71. The average Bonchev–Trinajstić information content (AvgIpc) is 3.29. The van der Waals surface area contributed by atoms with Crippen LogP contribution in [0.15, 0.2) is 72.8 Å². The highest BCUT2D eigenvalue weighted by Gasteiger charge is 2.36. The van der Waals surface area contributed by atoms with Gasteiger partial charge < -0.3 is 16.8 Å². The number of hydrogen-bond acceptors (Lipinski definition) is 6. The normalized spacial score (nSPS) is 11.6. The molecule has 3 aromatic carbocycles. The molecule has 0 saturated carbocycles. The van der Waals surface area contributed by atoms with Gasteiger partial charge in [-0.05, 0) is 71.2 Å². The van der Waals surface area contributed by atoms with Crippen LogP contribution in [-0.4, -0.2) is 22.1 Å². The van der Waals surface area contributed by atoms with Crippen LogP contribution in [0.4, 0.5) is 24.5 Å². The second-order valence-electron chi connectivity index (χ2n) is 8.09. The SMILES string of the molecule is NC(=O)c1nsc(C(=O)N(c2ccc(F)cc2)[C@@H](C(=O)NCc2ccc(F)cc2)c2ccc(F)cc2)c1N. The zero-order chi connectivity index (χ0) is 27.4. The van der Waals surface area contributed by atoms with Crippen molar-refractivity contribution in [3.8, 4) is 0 Å². The number of benzene rings is 3. The first-order valence-corrected chi connectivity index (χ1v) is 11.8. The van der Waals surface area contributed by atoms with Gasteiger partial charge >= 0.3 is 0 Å².